The predicted octanol–water partition coefficient (Wildman–Crippen LogP) is 3.00. The van der Waals surface area contributed by atoms with Crippen molar-refractivity contribution in [1.29, 1.82) is 0 Å². The van der Waals surface area contributed by atoms with Crippen LogP contribution < -0.4 is 4.72 Å². The number of nitrogens with one attached hydrogen (secondary N) is 2. The predicted molar refractivity (Wildman–Crippen MR) is 81.2 cm³/mol. The molecule has 20 heavy (non-hydrogen) atoms. The molecule has 0 aliphatic rings. The molecule has 0 atom stereocenters. The standard InChI is InChI=1S/C11H13Cl2N3O2S2/c1-7-8(6-14-16-7)3-2-4-15-20(17,18)9-5-10(12)19-11(9)13/h5-6,15H,2-4H2,1H3,(H,14,16). The smallest absolute Gasteiger partial charge is 0.242 e. The van der Waals surface area contributed by atoms with Crippen molar-refractivity contribution in [2.45, 2.75) is 24.7 Å². The number of thiophene rings is 1. The summed E-state index contributed by atoms with van der Waals surface area (Å²) in [6.45, 7) is 2.26. The van der Waals surface area contributed by atoms with Crippen LogP contribution >= 0.6 is 34.5 Å². The molecule has 2 N–H and O–H groups in total. The molecule has 2 aromatic heterocycles. The van der Waals surface area contributed by atoms with Crippen LogP contribution in [0.25, 0.3) is 0 Å². The zero-order valence-corrected chi connectivity index (χ0v) is 13.8. The van der Waals surface area contributed by atoms with Gasteiger partial charge in [0, 0.05) is 12.2 Å². The third-order valence-electron chi connectivity index (χ3n) is 2.76. The van der Waals surface area contributed by atoms with Crippen LogP contribution in [0.5, 0.6) is 0 Å². The average Bonchev–Trinajstić information content (AvgIpc) is 2.91. The van der Waals surface area contributed by atoms with E-state index in [-0.39, 0.29) is 9.23 Å². The fourth-order valence-electron chi connectivity index (χ4n) is 1.70. The van der Waals surface area contributed by atoms with Gasteiger partial charge in [0.15, 0.2) is 0 Å². The normalized spacial score (nSPS) is 11.9. The van der Waals surface area contributed by atoms with Gasteiger partial charge in [0.2, 0.25) is 10.0 Å². The number of nitrogens with zero attached hydrogens (tertiary/aromatic N) is 1. The van der Waals surface area contributed by atoms with Gasteiger partial charge in [-0.15, -0.1) is 11.3 Å². The summed E-state index contributed by atoms with van der Waals surface area (Å²) in [6.07, 6.45) is 3.18. The topological polar surface area (TPSA) is 74.8 Å². The lowest BCUT2D eigenvalue weighted by Crippen LogP contribution is -2.25. The van der Waals surface area contributed by atoms with E-state index < -0.39 is 10.0 Å². The van der Waals surface area contributed by atoms with Crippen molar-refractivity contribution >= 4 is 44.6 Å². The Bertz CT molecular complexity index is 694. The van der Waals surface area contributed by atoms with Gasteiger partial charge in [-0.25, -0.2) is 13.1 Å². The second kappa shape index (κ2) is 6.44. The number of H-pyrrole nitrogens is 1. The van der Waals surface area contributed by atoms with E-state index >= 15 is 0 Å². The van der Waals surface area contributed by atoms with Crippen LogP contribution in [0.15, 0.2) is 17.2 Å². The largest absolute Gasteiger partial charge is 0.283 e. The molecule has 0 aromatic carbocycles. The molecular weight excluding hydrogens is 341 g/mol. The fourth-order valence-corrected chi connectivity index (χ4v) is 4.92. The van der Waals surface area contributed by atoms with E-state index in [2.05, 4.69) is 14.9 Å². The van der Waals surface area contributed by atoms with Gasteiger partial charge in [-0.3, -0.25) is 5.10 Å². The highest BCUT2D eigenvalue weighted by Crippen LogP contribution is 2.33. The molecule has 2 rings (SSSR count). The van der Waals surface area contributed by atoms with Crippen molar-refractivity contribution in [1.82, 2.24) is 14.9 Å². The number of aromatic nitrogens is 2. The van der Waals surface area contributed by atoms with Gasteiger partial charge in [0.25, 0.3) is 0 Å². The van der Waals surface area contributed by atoms with Gasteiger partial charge < -0.3 is 0 Å². The summed E-state index contributed by atoms with van der Waals surface area (Å²) in [6, 6.07) is 1.36. The minimum Gasteiger partial charge on any atom is -0.283 e. The highest BCUT2D eigenvalue weighted by molar-refractivity contribution is 7.89. The molecule has 9 heteroatoms. The summed E-state index contributed by atoms with van der Waals surface area (Å²) in [5.74, 6) is 0. The first kappa shape index (κ1) is 15.8. The third kappa shape index (κ3) is 3.73. The number of halogens is 2. The molecule has 2 heterocycles. The molecule has 0 amide bonds. The molecule has 0 aliphatic carbocycles. The summed E-state index contributed by atoms with van der Waals surface area (Å²) >= 11 is 12.6. The van der Waals surface area contributed by atoms with Crippen molar-refractivity contribution in [3.05, 3.63) is 32.2 Å². The highest BCUT2D eigenvalue weighted by atomic mass is 35.5. The maximum absolute atomic E-state index is 12.0. The molecule has 2 aromatic rings. The van der Waals surface area contributed by atoms with Crippen molar-refractivity contribution in [3.63, 3.8) is 0 Å². The van der Waals surface area contributed by atoms with Crippen molar-refractivity contribution in [3.8, 4) is 0 Å². The van der Waals surface area contributed by atoms with E-state index in [1.165, 1.54) is 6.07 Å². The van der Waals surface area contributed by atoms with E-state index in [0.717, 1.165) is 29.0 Å². The molecule has 0 fully saturated rings. The molecule has 0 spiro atoms. The monoisotopic (exact) mass is 353 g/mol. The van der Waals surface area contributed by atoms with Crippen LogP contribution in [0.1, 0.15) is 17.7 Å². The van der Waals surface area contributed by atoms with Gasteiger partial charge in [-0.05, 0) is 31.4 Å². The first-order valence-corrected chi connectivity index (χ1v) is 8.89. The van der Waals surface area contributed by atoms with Crippen LogP contribution in [0.3, 0.4) is 0 Å². The summed E-state index contributed by atoms with van der Waals surface area (Å²) < 4.78 is 27.1. The molecule has 0 radical (unpaired) electrons. The van der Waals surface area contributed by atoms with Gasteiger partial charge in [0.05, 0.1) is 10.5 Å². The quantitative estimate of drug-likeness (QED) is 0.783. The van der Waals surface area contributed by atoms with Crippen LogP contribution in [0, 0.1) is 6.92 Å². The average molecular weight is 354 g/mol. The minimum atomic E-state index is -3.60. The summed E-state index contributed by atoms with van der Waals surface area (Å²) in [5.41, 5.74) is 2.08. The number of aromatic amines is 1. The number of aryl methyl sites for hydroxylation is 2. The molecule has 0 bridgehead atoms. The number of hydrogen-bond donors (Lipinski definition) is 2. The first-order valence-electron chi connectivity index (χ1n) is 5.83. The van der Waals surface area contributed by atoms with Crippen molar-refractivity contribution in [2.75, 3.05) is 6.54 Å². The van der Waals surface area contributed by atoms with E-state index in [1.54, 1.807) is 6.20 Å². The fraction of sp³-hybridized carbons (Fsp3) is 0.364. The Morgan fingerprint density at radius 1 is 1.45 bits per heavy atom. The molecular formula is C11H13Cl2N3O2S2. The van der Waals surface area contributed by atoms with Gasteiger partial charge in [0.1, 0.15) is 9.23 Å². The Hall–Kier alpha value is -0.600. The summed E-state index contributed by atoms with van der Waals surface area (Å²) in [4.78, 5) is 0.0358. The maximum Gasteiger partial charge on any atom is 0.242 e. The number of hydrogen-bond acceptors (Lipinski definition) is 4. The second-order valence-electron chi connectivity index (χ2n) is 4.21. The second-order valence-corrected chi connectivity index (χ2v) is 8.23. The van der Waals surface area contributed by atoms with Gasteiger partial charge in [-0.1, -0.05) is 23.2 Å². The SMILES string of the molecule is Cc1[nH]ncc1CCCNS(=O)(=O)c1cc(Cl)sc1Cl. The first-order chi connectivity index (χ1) is 9.40. The van der Waals surface area contributed by atoms with E-state index in [0.29, 0.717) is 17.3 Å². The lowest BCUT2D eigenvalue weighted by Gasteiger charge is -2.05. The number of rotatable bonds is 6. The molecule has 5 nitrogen and oxygen atoms in total. The molecule has 0 aliphatic heterocycles. The summed E-state index contributed by atoms with van der Waals surface area (Å²) in [7, 11) is -3.60. The van der Waals surface area contributed by atoms with Crippen molar-refractivity contribution < 1.29 is 8.42 Å². The van der Waals surface area contributed by atoms with E-state index in [1.807, 2.05) is 6.92 Å². The van der Waals surface area contributed by atoms with Crippen molar-refractivity contribution in [2.24, 2.45) is 0 Å². The van der Waals surface area contributed by atoms with Crippen LogP contribution in [0.2, 0.25) is 8.67 Å². The van der Waals surface area contributed by atoms with E-state index in [4.69, 9.17) is 23.2 Å². The maximum atomic E-state index is 12.0. The van der Waals surface area contributed by atoms with Gasteiger partial charge >= 0.3 is 0 Å². The Morgan fingerprint density at radius 2 is 2.20 bits per heavy atom. The molecule has 0 saturated carbocycles. The summed E-state index contributed by atoms with van der Waals surface area (Å²) in [5, 5.41) is 6.76. The van der Waals surface area contributed by atoms with Crippen LogP contribution in [0.4, 0.5) is 0 Å². The van der Waals surface area contributed by atoms with E-state index in [9.17, 15) is 8.42 Å². The molecule has 0 unspecified atom stereocenters. The molecule has 110 valence electrons. The molecule has 0 saturated heterocycles. The van der Waals surface area contributed by atoms with Gasteiger partial charge in [-0.2, -0.15) is 5.10 Å². The van der Waals surface area contributed by atoms with Crippen LogP contribution in [-0.4, -0.2) is 25.2 Å². The lowest BCUT2D eigenvalue weighted by atomic mass is 10.1. The lowest BCUT2D eigenvalue weighted by molar-refractivity contribution is 0.579. The third-order valence-corrected chi connectivity index (χ3v) is 5.98. The Kier molecular flexibility index (Phi) is 5.09. The zero-order valence-electron chi connectivity index (χ0n) is 10.6. The highest BCUT2D eigenvalue weighted by Gasteiger charge is 2.20. The Morgan fingerprint density at radius 3 is 2.75 bits per heavy atom. The number of sulfonamides is 1. The Balaban J connectivity index is 1.90. The minimum absolute atomic E-state index is 0.0358. The zero-order chi connectivity index (χ0) is 14.8. The Labute approximate surface area is 131 Å². The van der Waals surface area contributed by atoms with Crippen LogP contribution in [-0.2, 0) is 16.4 Å².